The van der Waals surface area contributed by atoms with Crippen LogP contribution in [0.15, 0.2) is 48.5 Å². The number of carbonyl (C=O) groups is 1. The number of nitrogens with one attached hydrogen (secondary N) is 2. The van der Waals surface area contributed by atoms with Gasteiger partial charge >= 0.3 is 0 Å². The quantitative estimate of drug-likeness (QED) is 0.885. The van der Waals surface area contributed by atoms with Crippen LogP contribution in [-0.4, -0.2) is 19.0 Å². The number of piperidine rings is 1. The molecule has 2 aromatic rings. The van der Waals surface area contributed by atoms with Crippen molar-refractivity contribution in [2.45, 2.75) is 19.4 Å². The Morgan fingerprint density at radius 2 is 2.12 bits per heavy atom. The van der Waals surface area contributed by atoms with E-state index in [9.17, 15) is 9.18 Å². The molecule has 24 heavy (non-hydrogen) atoms. The van der Waals surface area contributed by atoms with Gasteiger partial charge in [0.2, 0.25) is 5.91 Å². The van der Waals surface area contributed by atoms with Crippen molar-refractivity contribution in [2.75, 3.05) is 18.4 Å². The van der Waals surface area contributed by atoms with E-state index < -0.39 is 0 Å². The molecule has 1 amide bonds. The molecule has 1 heterocycles. The van der Waals surface area contributed by atoms with Gasteiger partial charge in [-0.25, -0.2) is 4.39 Å². The minimum absolute atomic E-state index is 0.00983. The molecule has 1 fully saturated rings. The van der Waals surface area contributed by atoms with Gasteiger partial charge in [0.05, 0.1) is 5.92 Å². The van der Waals surface area contributed by atoms with Crippen LogP contribution in [0.2, 0.25) is 0 Å². The summed E-state index contributed by atoms with van der Waals surface area (Å²) in [6.07, 6.45) is 1.93. The Bertz CT molecular complexity index is 699. The molecule has 3 rings (SSSR count). The van der Waals surface area contributed by atoms with Crippen LogP contribution in [0.3, 0.4) is 0 Å². The van der Waals surface area contributed by atoms with Gasteiger partial charge in [-0.1, -0.05) is 18.2 Å². The van der Waals surface area contributed by atoms with Crippen LogP contribution in [-0.2, 0) is 11.4 Å². The molecular weight excluding hydrogens is 307 g/mol. The van der Waals surface area contributed by atoms with Crippen LogP contribution >= 0.6 is 0 Å². The molecule has 0 aromatic heterocycles. The average molecular weight is 328 g/mol. The van der Waals surface area contributed by atoms with Crippen LogP contribution in [0.5, 0.6) is 5.75 Å². The average Bonchev–Trinajstić information content (AvgIpc) is 2.61. The predicted octanol–water partition coefficient (Wildman–Crippen LogP) is 3.34. The molecule has 1 saturated heterocycles. The second kappa shape index (κ2) is 7.93. The minimum Gasteiger partial charge on any atom is -0.489 e. The monoisotopic (exact) mass is 328 g/mol. The standard InChI is InChI=1S/C19H21FN2O2/c20-16-6-1-4-14(10-16)13-24-18-8-2-7-17(11-18)22-19(23)15-5-3-9-21-12-15/h1-2,4,6-8,10-11,15,21H,3,5,9,12-13H2,(H,22,23). The maximum atomic E-state index is 13.2. The number of ether oxygens (including phenoxy) is 1. The number of carbonyl (C=O) groups excluding carboxylic acids is 1. The summed E-state index contributed by atoms with van der Waals surface area (Å²) in [6.45, 7) is 1.98. The van der Waals surface area contributed by atoms with E-state index in [2.05, 4.69) is 10.6 Å². The fraction of sp³-hybridized carbons (Fsp3) is 0.316. The van der Waals surface area contributed by atoms with Gasteiger partial charge < -0.3 is 15.4 Å². The Morgan fingerprint density at radius 3 is 2.92 bits per heavy atom. The summed E-state index contributed by atoms with van der Waals surface area (Å²) >= 11 is 0. The number of halogens is 1. The van der Waals surface area contributed by atoms with Gasteiger partial charge in [0, 0.05) is 18.3 Å². The van der Waals surface area contributed by atoms with Crippen molar-refractivity contribution < 1.29 is 13.9 Å². The molecule has 0 spiro atoms. The van der Waals surface area contributed by atoms with E-state index in [0.717, 1.165) is 31.5 Å². The van der Waals surface area contributed by atoms with Crippen LogP contribution in [0.25, 0.3) is 0 Å². The number of hydrogen-bond acceptors (Lipinski definition) is 3. The van der Waals surface area contributed by atoms with Crippen molar-refractivity contribution in [1.29, 1.82) is 0 Å². The molecule has 0 aliphatic carbocycles. The largest absolute Gasteiger partial charge is 0.489 e. The van der Waals surface area contributed by atoms with Gasteiger partial charge in [-0.2, -0.15) is 0 Å². The van der Waals surface area contributed by atoms with E-state index in [1.165, 1.54) is 12.1 Å². The van der Waals surface area contributed by atoms with Gasteiger partial charge in [-0.3, -0.25) is 4.79 Å². The number of benzene rings is 2. The van der Waals surface area contributed by atoms with E-state index in [1.807, 2.05) is 24.3 Å². The first-order valence-corrected chi connectivity index (χ1v) is 8.19. The highest BCUT2D eigenvalue weighted by Gasteiger charge is 2.20. The summed E-state index contributed by atoms with van der Waals surface area (Å²) in [5.41, 5.74) is 1.47. The van der Waals surface area contributed by atoms with Crippen LogP contribution in [0.1, 0.15) is 18.4 Å². The van der Waals surface area contributed by atoms with E-state index in [0.29, 0.717) is 11.4 Å². The van der Waals surface area contributed by atoms with E-state index in [4.69, 9.17) is 4.74 Å². The summed E-state index contributed by atoms with van der Waals surface area (Å²) in [5.74, 6) is 0.400. The maximum Gasteiger partial charge on any atom is 0.228 e. The summed E-state index contributed by atoms with van der Waals surface area (Å²) in [4.78, 5) is 12.3. The van der Waals surface area contributed by atoms with Crippen LogP contribution in [0, 0.1) is 11.7 Å². The fourth-order valence-electron chi connectivity index (χ4n) is 2.78. The second-order valence-corrected chi connectivity index (χ2v) is 5.98. The van der Waals surface area contributed by atoms with Gasteiger partial charge in [0.15, 0.2) is 0 Å². The van der Waals surface area contributed by atoms with Gasteiger partial charge in [0.1, 0.15) is 18.2 Å². The first-order chi connectivity index (χ1) is 11.7. The van der Waals surface area contributed by atoms with Crippen molar-refractivity contribution in [3.63, 3.8) is 0 Å². The number of rotatable bonds is 5. The third-order valence-corrected chi connectivity index (χ3v) is 4.06. The third kappa shape index (κ3) is 4.55. The highest BCUT2D eigenvalue weighted by Crippen LogP contribution is 2.20. The molecule has 0 bridgehead atoms. The molecule has 1 aliphatic heterocycles. The Kier molecular flexibility index (Phi) is 5.43. The van der Waals surface area contributed by atoms with Crippen molar-refractivity contribution in [1.82, 2.24) is 5.32 Å². The zero-order valence-corrected chi connectivity index (χ0v) is 13.4. The fourth-order valence-corrected chi connectivity index (χ4v) is 2.78. The molecule has 5 heteroatoms. The normalized spacial score (nSPS) is 17.3. The Hall–Kier alpha value is -2.40. The Morgan fingerprint density at radius 1 is 1.25 bits per heavy atom. The Balaban J connectivity index is 1.58. The topological polar surface area (TPSA) is 50.4 Å². The lowest BCUT2D eigenvalue weighted by molar-refractivity contribution is -0.120. The summed E-state index contributed by atoms with van der Waals surface area (Å²) in [7, 11) is 0. The lowest BCUT2D eigenvalue weighted by Gasteiger charge is -2.22. The zero-order chi connectivity index (χ0) is 16.8. The molecule has 1 atom stereocenters. The third-order valence-electron chi connectivity index (χ3n) is 4.06. The minimum atomic E-state index is -0.279. The molecule has 4 nitrogen and oxygen atoms in total. The zero-order valence-electron chi connectivity index (χ0n) is 13.4. The molecule has 1 unspecified atom stereocenters. The van der Waals surface area contributed by atoms with Gasteiger partial charge in [-0.05, 0) is 49.2 Å². The number of amides is 1. The summed E-state index contributed by atoms with van der Waals surface area (Å²) in [5, 5.41) is 6.18. The molecular formula is C19H21FN2O2. The summed E-state index contributed by atoms with van der Waals surface area (Å²) < 4.78 is 18.9. The van der Waals surface area contributed by atoms with Crippen molar-refractivity contribution in [3.05, 3.63) is 59.9 Å². The number of anilines is 1. The van der Waals surface area contributed by atoms with Gasteiger partial charge in [0.25, 0.3) is 0 Å². The highest BCUT2D eigenvalue weighted by atomic mass is 19.1. The van der Waals surface area contributed by atoms with E-state index in [-0.39, 0.29) is 24.2 Å². The van der Waals surface area contributed by atoms with Crippen LogP contribution in [0.4, 0.5) is 10.1 Å². The predicted molar refractivity (Wildman–Crippen MR) is 91.4 cm³/mol. The molecule has 126 valence electrons. The van der Waals surface area contributed by atoms with Crippen molar-refractivity contribution in [3.8, 4) is 5.75 Å². The smallest absolute Gasteiger partial charge is 0.228 e. The van der Waals surface area contributed by atoms with E-state index >= 15 is 0 Å². The first kappa shape index (κ1) is 16.5. The first-order valence-electron chi connectivity index (χ1n) is 8.19. The van der Waals surface area contributed by atoms with Crippen molar-refractivity contribution >= 4 is 11.6 Å². The molecule has 0 saturated carbocycles. The highest BCUT2D eigenvalue weighted by molar-refractivity contribution is 5.92. The maximum absolute atomic E-state index is 13.2. The lowest BCUT2D eigenvalue weighted by Crippen LogP contribution is -2.37. The Labute approximate surface area is 141 Å². The van der Waals surface area contributed by atoms with Crippen molar-refractivity contribution in [2.24, 2.45) is 5.92 Å². The lowest BCUT2D eigenvalue weighted by atomic mass is 9.99. The van der Waals surface area contributed by atoms with E-state index in [1.54, 1.807) is 12.1 Å². The molecule has 0 radical (unpaired) electrons. The number of hydrogen-bond donors (Lipinski definition) is 2. The summed E-state index contributed by atoms with van der Waals surface area (Å²) in [6, 6.07) is 13.6. The second-order valence-electron chi connectivity index (χ2n) is 5.98. The molecule has 2 N–H and O–H groups in total. The molecule has 2 aromatic carbocycles. The van der Waals surface area contributed by atoms with Crippen LogP contribution < -0.4 is 15.4 Å². The molecule has 1 aliphatic rings. The van der Waals surface area contributed by atoms with Gasteiger partial charge in [-0.15, -0.1) is 0 Å². The SMILES string of the molecule is O=C(Nc1cccc(OCc2cccc(F)c2)c1)C1CCCNC1.